The number of rotatable bonds is 4. The van der Waals surface area contributed by atoms with Gasteiger partial charge in [-0.2, -0.15) is 0 Å². The molecule has 1 aliphatic carbocycles. The average Bonchev–Trinajstić information content (AvgIpc) is 2.47. The van der Waals surface area contributed by atoms with Crippen LogP contribution in [0.5, 0.6) is 5.75 Å². The highest BCUT2D eigenvalue weighted by Crippen LogP contribution is 2.32. The maximum absolute atomic E-state index is 9.64. The molecule has 0 aliphatic heterocycles. The highest BCUT2D eigenvalue weighted by molar-refractivity contribution is 9.10. The third kappa shape index (κ3) is 3.83. The van der Waals surface area contributed by atoms with Gasteiger partial charge >= 0.3 is 0 Å². The van der Waals surface area contributed by atoms with E-state index >= 15 is 0 Å². The van der Waals surface area contributed by atoms with Crippen molar-refractivity contribution >= 4 is 22.0 Å². The van der Waals surface area contributed by atoms with Gasteiger partial charge in [-0.05, 0) is 48.1 Å². The summed E-state index contributed by atoms with van der Waals surface area (Å²) in [5, 5.41) is 9.64. The monoisotopic (exact) mass is 324 g/mol. The Morgan fingerprint density at radius 2 is 2.11 bits per heavy atom. The van der Waals surface area contributed by atoms with Crippen molar-refractivity contribution in [3.05, 3.63) is 33.8 Å². The third-order valence-electron chi connectivity index (χ3n) is 3.86. The van der Waals surface area contributed by atoms with Crippen LogP contribution in [-0.4, -0.2) is 18.8 Å². The van der Waals surface area contributed by atoms with Crippen molar-refractivity contribution in [2.45, 2.75) is 32.1 Å². The lowest BCUT2D eigenvalue weighted by Gasteiger charge is -2.23. The quantitative estimate of drug-likeness (QED) is 0.888. The van der Waals surface area contributed by atoms with Crippen LogP contribution >= 0.6 is 15.9 Å². The van der Waals surface area contributed by atoms with E-state index in [1.54, 1.807) is 7.11 Å². The molecule has 0 amide bonds. The SMILES string of the molecule is COc1ccc(Br)c(/C=C(/CO)C2CCCCC2)c1. The fourth-order valence-corrected chi connectivity index (χ4v) is 3.09. The Morgan fingerprint density at radius 3 is 2.74 bits per heavy atom. The molecule has 19 heavy (non-hydrogen) atoms. The molecule has 0 saturated heterocycles. The van der Waals surface area contributed by atoms with Crippen molar-refractivity contribution in [3.8, 4) is 5.75 Å². The lowest BCUT2D eigenvalue weighted by Crippen LogP contribution is -2.11. The van der Waals surface area contributed by atoms with Crippen LogP contribution in [0.3, 0.4) is 0 Å². The third-order valence-corrected chi connectivity index (χ3v) is 4.58. The van der Waals surface area contributed by atoms with E-state index in [0.29, 0.717) is 5.92 Å². The van der Waals surface area contributed by atoms with Gasteiger partial charge in [0.25, 0.3) is 0 Å². The summed E-state index contributed by atoms with van der Waals surface area (Å²) in [6, 6.07) is 5.92. The fourth-order valence-electron chi connectivity index (χ4n) is 2.73. The summed E-state index contributed by atoms with van der Waals surface area (Å²) >= 11 is 3.56. The average molecular weight is 325 g/mol. The molecule has 1 fully saturated rings. The van der Waals surface area contributed by atoms with Crippen LogP contribution in [0.15, 0.2) is 28.2 Å². The minimum Gasteiger partial charge on any atom is -0.497 e. The molecule has 0 heterocycles. The predicted molar refractivity (Wildman–Crippen MR) is 82.3 cm³/mol. The van der Waals surface area contributed by atoms with E-state index in [1.807, 2.05) is 18.2 Å². The van der Waals surface area contributed by atoms with Crippen LogP contribution < -0.4 is 4.74 Å². The molecular formula is C16H21BrO2. The number of ether oxygens (including phenoxy) is 1. The molecular weight excluding hydrogens is 304 g/mol. The molecule has 104 valence electrons. The molecule has 0 aromatic heterocycles. The van der Waals surface area contributed by atoms with Gasteiger partial charge in [0, 0.05) is 4.47 Å². The van der Waals surface area contributed by atoms with Gasteiger partial charge in [0.15, 0.2) is 0 Å². The minimum atomic E-state index is 0.147. The number of aliphatic hydroxyl groups excluding tert-OH is 1. The summed E-state index contributed by atoms with van der Waals surface area (Å²) in [7, 11) is 1.67. The van der Waals surface area contributed by atoms with Crippen molar-refractivity contribution < 1.29 is 9.84 Å². The zero-order valence-corrected chi connectivity index (χ0v) is 12.9. The molecule has 1 aromatic rings. The number of aliphatic hydroxyl groups is 1. The number of hydrogen-bond donors (Lipinski definition) is 1. The molecule has 1 aromatic carbocycles. The van der Waals surface area contributed by atoms with E-state index in [2.05, 4.69) is 22.0 Å². The Kier molecular flexibility index (Phi) is 5.46. The maximum atomic E-state index is 9.64. The molecule has 0 radical (unpaired) electrons. The predicted octanol–water partition coefficient (Wildman–Crippen LogP) is 4.41. The largest absolute Gasteiger partial charge is 0.497 e. The minimum absolute atomic E-state index is 0.147. The Hall–Kier alpha value is -0.800. The van der Waals surface area contributed by atoms with Crippen LogP contribution in [-0.2, 0) is 0 Å². The molecule has 1 aliphatic rings. The fraction of sp³-hybridized carbons (Fsp3) is 0.500. The van der Waals surface area contributed by atoms with Crippen LogP contribution in [0.25, 0.3) is 6.08 Å². The van der Waals surface area contributed by atoms with E-state index < -0.39 is 0 Å². The van der Waals surface area contributed by atoms with Gasteiger partial charge in [-0.1, -0.05) is 41.3 Å². The second-order valence-corrected chi connectivity index (χ2v) is 5.95. The molecule has 2 rings (SSSR count). The van der Waals surface area contributed by atoms with Crippen molar-refractivity contribution in [1.29, 1.82) is 0 Å². The second-order valence-electron chi connectivity index (χ2n) is 5.10. The summed E-state index contributed by atoms with van der Waals surface area (Å²) < 4.78 is 6.30. The highest BCUT2D eigenvalue weighted by atomic mass is 79.9. The Balaban J connectivity index is 2.25. The van der Waals surface area contributed by atoms with Crippen molar-refractivity contribution in [3.63, 3.8) is 0 Å². The zero-order chi connectivity index (χ0) is 13.7. The molecule has 3 heteroatoms. The van der Waals surface area contributed by atoms with Crippen molar-refractivity contribution in [1.82, 2.24) is 0 Å². The van der Waals surface area contributed by atoms with E-state index in [1.165, 1.54) is 32.1 Å². The summed E-state index contributed by atoms with van der Waals surface area (Å²) in [5.41, 5.74) is 2.22. The van der Waals surface area contributed by atoms with Gasteiger partial charge in [-0.3, -0.25) is 0 Å². The number of hydrogen-bond acceptors (Lipinski definition) is 2. The van der Waals surface area contributed by atoms with E-state index in [-0.39, 0.29) is 6.61 Å². The first-order chi connectivity index (χ1) is 9.24. The van der Waals surface area contributed by atoms with Gasteiger partial charge < -0.3 is 9.84 Å². The van der Waals surface area contributed by atoms with E-state index in [4.69, 9.17) is 4.74 Å². The standard InChI is InChI=1S/C16H21BrO2/c1-19-15-7-8-16(17)13(10-15)9-14(11-18)12-5-3-2-4-6-12/h7-10,12,18H,2-6,11H2,1H3/b14-9-. The first kappa shape index (κ1) is 14.6. The number of methoxy groups -OCH3 is 1. The number of halogens is 1. The van der Waals surface area contributed by atoms with Gasteiger partial charge in [0.2, 0.25) is 0 Å². The normalized spacial score (nSPS) is 17.5. The topological polar surface area (TPSA) is 29.5 Å². The lowest BCUT2D eigenvalue weighted by atomic mass is 9.83. The molecule has 0 bridgehead atoms. The van der Waals surface area contributed by atoms with Gasteiger partial charge in [-0.25, -0.2) is 0 Å². The summed E-state index contributed by atoms with van der Waals surface area (Å²) in [4.78, 5) is 0. The molecule has 1 N–H and O–H groups in total. The summed E-state index contributed by atoms with van der Waals surface area (Å²) in [6.45, 7) is 0.147. The van der Waals surface area contributed by atoms with Crippen LogP contribution in [0.4, 0.5) is 0 Å². The first-order valence-corrected chi connectivity index (χ1v) is 7.68. The summed E-state index contributed by atoms with van der Waals surface area (Å²) in [5.74, 6) is 1.38. The van der Waals surface area contributed by atoms with E-state index in [9.17, 15) is 5.11 Å². The van der Waals surface area contributed by atoms with Gasteiger partial charge in [0.1, 0.15) is 5.75 Å². The zero-order valence-electron chi connectivity index (χ0n) is 11.4. The second kappa shape index (κ2) is 7.11. The van der Waals surface area contributed by atoms with Crippen molar-refractivity contribution in [2.24, 2.45) is 5.92 Å². The van der Waals surface area contributed by atoms with Crippen LogP contribution in [0.1, 0.15) is 37.7 Å². The molecule has 0 unspecified atom stereocenters. The van der Waals surface area contributed by atoms with Crippen LogP contribution in [0.2, 0.25) is 0 Å². The Bertz CT molecular complexity index is 448. The molecule has 0 spiro atoms. The molecule has 0 atom stereocenters. The Labute approximate surface area is 123 Å². The van der Waals surface area contributed by atoms with E-state index in [0.717, 1.165) is 21.4 Å². The molecule has 2 nitrogen and oxygen atoms in total. The van der Waals surface area contributed by atoms with Gasteiger partial charge in [-0.15, -0.1) is 0 Å². The lowest BCUT2D eigenvalue weighted by molar-refractivity contribution is 0.295. The smallest absolute Gasteiger partial charge is 0.119 e. The summed E-state index contributed by atoms with van der Waals surface area (Å²) in [6.07, 6.45) is 8.41. The first-order valence-electron chi connectivity index (χ1n) is 6.89. The van der Waals surface area contributed by atoms with Crippen LogP contribution in [0, 0.1) is 5.92 Å². The maximum Gasteiger partial charge on any atom is 0.119 e. The number of benzene rings is 1. The van der Waals surface area contributed by atoms with Crippen molar-refractivity contribution in [2.75, 3.05) is 13.7 Å². The highest BCUT2D eigenvalue weighted by Gasteiger charge is 2.17. The Morgan fingerprint density at radius 1 is 1.37 bits per heavy atom. The molecule has 1 saturated carbocycles. The van der Waals surface area contributed by atoms with Gasteiger partial charge in [0.05, 0.1) is 13.7 Å².